The second-order valence-electron chi connectivity index (χ2n) is 4.49. The molecular weight excluding hydrogens is 260 g/mol. The van der Waals surface area contributed by atoms with Gasteiger partial charge in [0.05, 0.1) is 11.9 Å². The van der Waals surface area contributed by atoms with Gasteiger partial charge in [0.25, 0.3) is 0 Å². The standard InChI is InChI=1S/C14H16N2O2S/c1-9-4-5-13(10(2)6-9)19-8-12-11(14(17)18)7-15-16(12)3/h4-7H,8H2,1-3H3,(H,17,18). The second-order valence-corrected chi connectivity index (χ2v) is 5.51. The number of carboxylic acids is 1. The summed E-state index contributed by atoms with van der Waals surface area (Å²) >= 11 is 1.64. The molecule has 2 aromatic rings. The van der Waals surface area contributed by atoms with E-state index in [4.69, 9.17) is 5.11 Å². The molecule has 0 saturated carbocycles. The molecule has 0 bridgehead atoms. The van der Waals surface area contributed by atoms with Gasteiger partial charge < -0.3 is 5.11 Å². The van der Waals surface area contributed by atoms with Crippen LogP contribution in [-0.2, 0) is 12.8 Å². The molecule has 2 rings (SSSR count). The lowest BCUT2D eigenvalue weighted by molar-refractivity contribution is 0.0696. The molecule has 0 spiro atoms. The molecule has 0 unspecified atom stereocenters. The molecule has 1 heterocycles. The van der Waals surface area contributed by atoms with Crippen LogP contribution in [0.3, 0.4) is 0 Å². The second kappa shape index (κ2) is 5.48. The lowest BCUT2D eigenvalue weighted by atomic mass is 10.2. The van der Waals surface area contributed by atoms with Crippen LogP contribution in [0.25, 0.3) is 0 Å². The largest absolute Gasteiger partial charge is 0.478 e. The normalized spacial score (nSPS) is 10.7. The number of aryl methyl sites for hydroxylation is 3. The highest BCUT2D eigenvalue weighted by atomic mass is 32.2. The number of carbonyl (C=O) groups is 1. The zero-order valence-electron chi connectivity index (χ0n) is 11.2. The summed E-state index contributed by atoms with van der Waals surface area (Å²) in [5.41, 5.74) is 3.45. The van der Waals surface area contributed by atoms with Crippen LogP contribution in [0.15, 0.2) is 29.3 Å². The van der Waals surface area contributed by atoms with Crippen molar-refractivity contribution in [2.24, 2.45) is 7.05 Å². The minimum absolute atomic E-state index is 0.278. The molecule has 0 aliphatic heterocycles. The number of rotatable bonds is 4. The molecule has 1 N–H and O–H groups in total. The third-order valence-corrected chi connectivity index (χ3v) is 4.17. The summed E-state index contributed by atoms with van der Waals surface area (Å²) in [7, 11) is 1.77. The maximum absolute atomic E-state index is 11.1. The lowest BCUT2D eigenvalue weighted by Gasteiger charge is -2.07. The number of hydrogen-bond donors (Lipinski definition) is 1. The van der Waals surface area contributed by atoms with E-state index < -0.39 is 5.97 Å². The van der Waals surface area contributed by atoms with E-state index in [1.165, 1.54) is 22.2 Å². The fourth-order valence-corrected chi connectivity index (χ4v) is 3.01. The molecule has 5 heteroatoms. The number of benzene rings is 1. The monoisotopic (exact) mass is 276 g/mol. The molecule has 1 aromatic carbocycles. The van der Waals surface area contributed by atoms with E-state index in [0.29, 0.717) is 5.75 Å². The fraction of sp³-hybridized carbons (Fsp3) is 0.286. The molecule has 0 amide bonds. The van der Waals surface area contributed by atoms with E-state index in [9.17, 15) is 4.79 Å². The summed E-state index contributed by atoms with van der Waals surface area (Å²) in [5.74, 6) is -0.327. The van der Waals surface area contributed by atoms with Gasteiger partial charge in [-0.15, -0.1) is 11.8 Å². The zero-order chi connectivity index (χ0) is 14.0. The van der Waals surface area contributed by atoms with Gasteiger partial charge in [0.1, 0.15) is 5.56 Å². The van der Waals surface area contributed by atoms with E-state index >= 15 is 0 Å². The van der Waals surface area contributed by atoms with Gasteiger partial charge in [0.2, 0.25) is 0 Å². The van der Waals surface area contributed by atoms with Crippen molar-refractivity contribution in [3.05, 3.63) is 46.8 Å². The van der Waals surface area contributed by atoms with Gasteiger partial charge in [-0.05, 0) is 25.5 Å². The van der Waals surface area contributed by atoms with Crippen molar-refractivity contribution in [3.8, 4) is 0 Å². The van der Waals surface area contributed by atoms with Gasteiger partial charge in [0, 0.05) is 17.7 Å². The number of carboxylic acid groups (broad SMARTS) is 1. The predicted molar refractivity (Wildman–Crippen MR) is 75.6 cm³/mol. The van der Waals surface area contributed by atoms with Crippen molar-refractivity contribution in [1.29, 1.82) is 0 Å². The van der Waals surface area contributed by atoms with Gasteiger partial charge in [-0.3, -0.25) is 4.68 Å². The van der Waals surface area contributed by atoms with Gasteiger partial charge in [-0.1, -0.05) is 17.7 Å². The Balaban J connectivity index is 2.19. The van der Waals surface area contributed by atoms with Crippen LogP contribution in [0.1, 0.15) is 27.2 Å². The topological polar surface area (TPSA) is 55.1 Å². The van der Waals surface area contributed by atoms with E-state index in [1.54, 1.807) is 23.5 Å². The first-order chi connectivity index (χ1) is 8.99. The van der Waals surface area contributed by atoms with Gasteiger partial charge >= 0.3 is 5.97 Å². The quantitative estimate of drug-likeness (QED) is 0.872. The van der Waals surface area contributed by atoms with Crippen molar-refractivity contribution >= 4 is 17.7 Å². The SMILES string of the molecule is Cc1ccc(SCc2c(C(=O)O)cnn2C)c(C)c1. The van der Waals surface area contributed by atoms with Crippen LogP contribution in [0, 0.1) is 13.8 Å². The fourth-order valence-electron chi connectivity index (χ4n) is 1.92. The third kappa shape index (κ3) is 2.98. The number of aromatic nitrogens is 2. The molecule has 100 valence electrons. The first kappa shape index (κ1) is 13.7. The van der Waals surface area contributed by atoms with E-state index in [1.807, 2.05) is 0 Å². The van der Waals surface area contributed by atoms with Crippen molar-refractivity contribution in [2.45, 2.75) is 24.5 Å². The molecule has 0 fully saturated rings. The first-order valence-electron chi connectivity index (χ1n) is 5.93. The summed E-state index contributed by atoms with van der Waals surface area (Å²) < 4.78 is 1.62. The molecule has 0 radical (unpaired) electrons. The molecule has 0 atom stereocenters. The third-order valence-electron chi connectivity index (χ3n) is 2.99. The summed E-state index contributed by atoms with van der Waals surface area (Å²) in [4.78, 5) is 12.3. The van der Waals surface area contributed by atoms with E-state index in [2.05, 4.69) is 37.1 Å². The molecule has 0 saturated heterocycles. The number of aromatic carboxylic acids is 1. The molecule has 0 aliphatic rings. The molecule has 19 heavy (non-hydrogen) atoms. The van der Waals surface area contributed by atoms with Crippen LogP contribution in [0.5, 0.6) is 0 Å². The molecule has 1 aromatic heterocycles. The van der Waals surface area contributed by atoms with Crippen LogP contribution < -0.4 is 0 Å². The summed E-state index contributed by atoms with van der Waals surface area (Å²) in [6.45, 7) is 4.13. The summed E-state index contributed by atoms with van der Waals surface area (Å²) in [6, 6.07) is 6.27. The Kier molecular flexibility index (Phi) is 3.95. The molecule has 4 nitrogen and oxygen atoms in total. The maximum Gasteiger partial charge on any atom is 0.339 e. The smallest absolute Gasteiger partial charge is 0.339 e. The Morgan fingerprint density at radius 3 is 2.79 bits per heavy atom. The van der Waals surface area contributed by atoms with E-state index in [-0.39, 0.29) is 5.56 Å². The molecule has 0 aliphatic carbocycles. The van der Waals surface area contributed by atoms with Gasteiger partial charge in [-0.25, -0.2) is 4.79 Å². The Morgan fingerprint density at radius 2 is 2.16 bits per heavy atom. The molecular formula is C14H16N2O2S. The summed E-state index contributed by atoms with van der Waals surface area (Å²) in [6.07, 6.45) is 1.40. The highest BCUT2D eigenvalue weighted by molar-refractivity contribution is 7.98. The van der Waals surface area contributed by atoms with Crippen molar-refractivity contribution in [3.63, 3.8) is 0 Å². The van der Waals surface area contributed by atoms with Crippen LogP contribution >= 0.6 is 11.8 Å². The maximum atomic E-state index is 11.1. The lowest BCUT2D eigenvalue weighted by Crippen LogP contribution is -2.03. The van der Waals surface area contributed by atoms with Crippen molar-refractivity contribution in [2.75, 3.05) is 0 Å². The highest BCUT2D eigenvalue weighted by Crippen LogP contribution is 2.27. The van der Waals surface area contributed by atoms with Crippen molar-refractivity contribution < 1.29 is 9.90 Å². The van der Waals surface area contributed by atoms with Gasteiger partial charge in [0.15, 0.2) is 0 Å². The Morgan fingerprint density at radius 1 is 1.42 bits per heavy atom. The van der Waals surface area contributed by atoms with Crippen molar-refractivity contribution in [1.82, 2.24) is 9.78 Å². The first-order valence-corrected chi connectivity index (χ1v) is 6.92. The number of nitrogens with zero attached hydrogens (tertiary/aromatic N) is 2. The highest BCUT2D eigenvalue weighted by Gasteiger charge is 2.15. The minimum atomic E-state index is -0.927. The Hall–Kier alpha value is -1.75. The van der Waals surface area contributed by atoms with Gasteiger partial charge in [-0.2, -0.15) is 5.10 Å². The summed E-state index contributed by atoms with van der Waals surface area (Å²) in [5, 5.41) is 13.1. The minimum Gasteiger partial charge on any atom is -0.478 e. The Bertz CT molecular complexity index is 620. The number of hydrogen-bond acceptors (Lipinski definition) is 3. The zero-order valence-corrected chi connectivity index (χ0v) is 12.0. The average Bonchev–Trinajstić information content (AvgIpc) is 2.70. The predicted octanol–water partition coefficient (Wildman–Crippen LogP) is 3.03. The average molecular weight is 276 g/mol. The van der Waals surface area contributed by atoms with Crippen LogP contribution in [-0.4, -0.2) is 20.9 Å². The van der Waals surface area contributed by atoms with Crippen LogP contribution in [0.2, 0.25) is 0 Å². The number of thioether (sulfide) groups is 1. The van der Waals surface area contributed by atoms with E-state index in [0.717, 1.165) is 5.69 Å². The Labute approximate surface area is 116 Å². The van der Waals surface area contributed by atoms with Crippen LogP contribution in [0.4, 0.5) is 0 Å².